The molecule has 1 saturated heterocycles. The van der Waals surface area contributed by atoms with Crippen LogP contribution in [0.15, 0.2) is 23.1 Å². The Hall–Kier alpha value is -1.04. The van der Waals surface area contributed by atoms with Crippen molar-refractivity contribution in [2.45, 2.75) is 22.7 Å². The molecule has 0 radical (unpaired) electrons. The van der Waals surface area contributed by atoms with Crippen LogP contribution in [0.1, 0.15) is 12.5 Å². The smallest absolute Gasteiger partial charge is 0.237 e. The van der Waals surface area contributed by atoms with Crippen LogP contribution < -0.4 is 5.32 Å². The molecule has 1 amide bonds. The lowest BCUT2D eigenvalue weighted by atomic mass is 9.92. The maximum Gasteiger partial charge on any atom is 0.237 e. The molecule has 1 fully saturated rings. The van der Waals surface area contributed by atoms with Gasteiger partial charge in [0.2, 0.25) is 5.91 Å². The molecular weight excluding hydrogens is 238 g/mol. The van der Waals surface area contributed by atoms with E-state index in [9.17, 15) is 9.90 Å². The molecule has 1 atom stereocenters. The predicted molar refractivity (Wildman–Crippen MR) is 65.1 cm³/mol. The number of benzene rings is 1. The number of amides is 1. The van der Waals surface area contributed by atoms with Crippen molar-refractivity contribution in [3.8, 4) is 0 Å². The van der Waals surface area contributed by atoms with Crippen molar-refractivity contribution in [3.63, 3.8) is 0 Å². The van der Waals surface area contributed by atoms with E-state index in [4.69, 9.17) is 4.74 Å². The summed E-state index contributed by atoms with van der Waals surface area (Å²) < 4.78 is 5.03. The normalized spacial score (nSPS) is 25.8. The number of carbonyl (C=O) groups is 1. The maximum absolute atomic E-state index is 11.6. The predicted octanol–water partition coefficient (Wildman–Crippen LogP) is 1.34. The fourth-order valence-electron chi connectivity index (χ4n) is 1.96. The molecule has 2 heterocycles. The van der Waals surface area contributed by atoms with Crippen LogP contribution in [0, 0.1) is 0 Å². The number of thioether (sulfide) groups is 1. The van der Waals surface area contributed by atoms with Gasteiger partial charge in [-0.25, -0.2) is 0 Å². The van der Waals surface area contributed by atoms with Gasteiger partial charge in [0.05, 0.1) is 24.2 Å². The molecule has 2 aliphatic rings. The van der Waals surface area contributed by atoms with E-state index in [2.05, 4.69) is 5.32 Å². The number of hydrogen-bond acceptors (Lipinski definition) is 4. The highest BCUT2D eigenvalue weighted by atomic mass is 32.2. The minimum Gasteiger partial charge on any atom is -0.380 e. The van der Waals surface area contributed by atoms with E-state index in [0.29, 0.717) is 13.2 Å². The average molecular weight is 251 g/mol. The van der Waals surface area contributed by atoms with E-state index in [1.807, 2.05) is 25.1 Å². The largest absolute Gasteiger partial charge is 0.380 e. The highest BCUT2D eigenvalue weighted by Gasteiger charge is 2.38. The Morgan fingerprint density at radius 2 is 2.29 bits per heavy atom. The summed E-state index contributed by atoms with van der Waals surface area (Å²) in [5.41, 5.74) is 0.710. The molecule has 0 aromatic heterocycles. The van der Waals surface area contributed by atoms with E-state index < -0.39 is 5.60 Å². The first-order valence-electron chi connectivity index (χ1n) is 5.51. The van der Waals surface area contributed by atoms with Crippen LogP contribution in [0.3, 0.4) is 0 Å². The van der Waals surface area contributed by atoms with E-state index in [1.54, 1.807) is 0 Å². The summed E-state index contributed by atoms with van der Waals surface area (Å²) in [4.78, 5) is 12.6. The Bertz CT molecular complexity index is 485. The van der Waals surface area contributed by atoms with E-state index in [1.165, 1.54) is 11.8 Å². The van der Waals surface area contributed by atoms with Crippen LogP contribution in [0.4, 0.5) is 5.69 Å². The molecule has 1 unspecified atom stereocenters. The molecule has 0 saturated carbocycles. The number of nitrogens with one attached hydrogen (secondary N) is 1. The first-order valence-corrected chi connectivity index (χ1v) is 6.39. The molecule has 4 nitrogen and oxygen atoms in total. The van der Waals surface area contributed by atoms with Gasteiger partial charge in [0.1, 0.15) is 5.60 Å². The number of rotatable bonds is 1. The second-order valence-corrected chi connectivity index (χ2v) is 5.87. The zero-order valence-corrected chi connectivity index (χ0v) is 10.2. The topological polar surface area (TPSA) is 58.6 Å². The lowest BCUT2D eigenvalue weighted by Crippen LogP contribution is -2.46. The lowest BCUT2D eigenvalue weighted by Gasteiger charge is -2.37. The monoisotopic (exact) mass is 251 g/mol. The zero-order valence-electron chi connectivity index (χ0n) is 9.40. The van der Waals surface area contributed by atoms with Gasteiger partial charge in [-0.05, 0) is 24.6 Å². The first-order chi connectivity index (χ1) is 8.08. The number of ether oxygens (including phenoxy) is 1. The highest BCUT2D eigenvalue weighted by Crippen LogP contribution is 2.39. The molecular formula is C12H13NO3S. The summed E-state index contributed by atoms with van der Waals surface area (Å²) in [6.07, 6.45) is 0. The standard InChI is InChI=1S/C12H13NO3S/c1-7-11(14)13-9-4-8(2-3-10(9)17-7)12(15)5-16-6-12/h2-4,7,15H,5-6H2,1H3,(H,13,14). The molecule has 3 rings (SSSR count). The van der Waals surface area contributed by atoms with Crippen LogP contribution in [0.25, 0.3) is 0 Å². The lowest BCUT2D eigenvalue weighted by molar-refractivity contribution is -0.184. The Kier molecular flexibility index (Phi) is 2.43. The molecule has 2 aliphatic heterocycles. The molecule has 2 N–H and O–H groups in total. The van der Waals surface area contributed by atoms with E-state index in [-0.39, 0.29) is 11.2 Å². The molecule has 5 heteroatoms. The number of hydrogen-bond donors (Lipinski definition) is 2. The van der Waals surface area contributed by atoms with Crippen molar-refractivity contribution in [3.05, 3.63) is 23.8 Å². The molecule has 1 aromatic rings. The summed E-state index contributed by atoms with van der Waals surface area (Å²) in [6, 6.07) is 5.69. The van der Waals surface area contributed by atoms with Crippen molar-refractivity contribution >= 4 is 23.4 Å². The van der Waals surface area contributed by atoms with E-state index >= 15 is 0 Å². The fraction of sp³-hybridized carbons (Fsp3) is 0.417. The van der Waals surface area contributed by atoms with Crippen molar-refractivity contribution in [2.75, 3.05) is 18.5 Å². The van der Waals surface area contributed by atoms with Gasteiger partial charge in [0.15, 0.2) is 0 Å². The van der Waals surface area contributed by atoms with Crippen LogP contribution in [0.2, 0.25) is 0 Å². The molecule has 0 bridgehead atoms. The molecule has 17 heavy (non-hydrogen) atoms. The quantitative estimate of drug-likeness (QED) is 0.790. The van der Waals surface area contributed by atoms with Gasteiger partial charge in [-0.15, -0.1) is 11.8 Å². The van der Waals surface area contributed by atoms with Crippen molar-refractivity contribution < 1.29 is 14.6 Å². The summed E-state index contributed by atoms with van der Waals surface area (Å²) in [7, 11) is 0. The fourth-order valence-corrected chi connectivity index (χ4v) is 2.89. The van der Waals surface area contributed by atoms with Crippen LogP contribution in [-0.4, -0.2) is 29.5 Å². The highest BCUT2D eigenvalue weighted by molar-refractivity contribution is 8.00. The maximum atomic E-state index is 11.6. The third kappa shape index (κ3) is 1.74. The second kappa shape index (κ2) is 3.73. The van der Waals surface area contributed by atoms with Crippen LogP contribution >= 0.6 is 11.8 Å². The number of anilines is 1. The minimum atomic E-state index is -0.881. The SMILES string of the molecule is CC1Sc2ccc(C3(O)COC3)cc2NC1=O. The molecule has 90 valence electrons. The Morgan fingerprint density at radius 3 is 2.94 bits per heavy atom. The van der Waals surface area contributed by atoms with Crippen molar-refractivity contribution in [2.24, 2.45) is 0 Å². The van der Waals surface area contributed by atoms with Crippen molar-refractivity contribution in [1.29, 1.82) is 0 Å². The summed E-state index contributed by atoms with van der Waals surface area (Å²) in [6.45, 7) is 2.52. The van der Waals surface area contributed by atoms with Gasteiger partial charge in [0, 0.05) is 4.90 Å². The van der Waals surface area contributed by atoms with Gasteiger partial charge in [-0.1, -0.05) is 6.07 Å². The molecule has 0 aliphatic carbocycles. The Morgan fingerprint density at radius 1 is 1.53 bits per heavy atom. The third-order valence-corrected chi connectivity index (χ3v) is 4.31. The van der Waals surface area contributed by atoms with E-state index in [0.717, 1.165) is 16.1 Å². The van der Waals surface area contributed by atoms with Crippen molar-refractivity contribution in [1.82, 2.24) is 0 Å². The zero-order chi connectivity index (χ0) is 12.0. The third-order valence-electron chi connectivity index (χ3n) is 3.13. The van der Waals surface area contributed by atoms with Gasteiger partial charge in [-0.3, -0.25) is 4.79 Å². The van der Waals surface area contributed by atoms with Crippen LogP contribution in [0.5, 0.6) is 0 Å². The van der Waals surface area contributed by atoms with Gasteiger partial charge in [-0.2, -0.15) is 0 Å². The Balaban J connectivity index is 1.96. The first kappa shape index (κ1) is 11.1. The number of aliphatic hydroxyl groups is 1. The van der Waals surface area contributed by atoms with Gasteiger partial charge in [0.25, 0.3) is 0 Å². The summed E-state index contributed by atoms with van der Waals surface area (Å²) >= 11 is 1.54. The molecule has 0 spiro atoms. The van der Waals surface area contributed by atoms with Gasteiger partial charge >= 0.3 is 0 Å². The van der Waals surface area contributed by atoms with Gasteiger partial charge < -0.3 is 15.2 Å². The van der Waals surface area contributed by atoms with Crippen LogP contribution in [-0.2, 0) is 15.1 Å². The summed E-state index contributed by atoms with van der Waals surface area (Å²) in [5, 5.41) is 12.9. The Labute approximate surface area is 103 Å². The molecule has 1 aromatic carbocycles. The minimum absolute atomic E-state index is 0.0106. The number of carbonyl (C=O) groups excluding carboxylic acids is 1. The average Bonchev–Trinajstić information content (AvgIpc) is 2.27. The summed E-state index contributed by atoms with van der Waals surface area (Å²) in [5.74, 6) is 0.0106. The second-order valence-electron chi connectivity index (χ2n) is 4.48. The number of fused-ring (bicyclic) bond motifs is 1.